The van der Waals surface area contributed by atoms with E-state index in [4.69, 9.17) is 4.74 Å². The van der Waals surface area contributed by atoms with Crippen molar-refractivity contribution >= 4 is 5.97 Å². The van der Waals surface area contributed by atoms with Crippen molar-refractivity contribution < 1.29 is 14.6 Å². The molecule has 0 amide bonds. The summed E-state index contributed by atoms with van der Waals surface area (Å²) in [6.07, 6.45) is 7.12. The molecule has 1 saturated carbocycles. The molecule has 0 bridgehead atoms. The Bertz CT molecular complexity index is 350. The van der Waals surface area contributed by atoms with Crippen molar-refractivity contribution in [3.63, 3.8) is 0 Å². The quantitative estimate of drug-likeness (QED) is 0.784. The Morgan fingerprint density at radius 2 is 2.24 bits per heavy atom. The highest BCUT2D eigenvalue weighted by Crippen LogP contribution is 2.33. The van der Waals surface area contributed by atoms with Crippen molar-refractivity contribution in [3.8, 4) is 0 Å². The van der Waals surface area contributed by atoms with Crippen molar-refractivity contribution in [2.45, 2.75) is 69.6 Å². The number of likely N-dealkylation sites (tertiary alicyclic amines) is 1. The van der Waals surface area contributed by atoms with Crippen molar-refractivity contribution in [2.75, 3.05) is 26.7 Å². The SMILES string of the molecule is CCCNC1(C(=O)O)CCCC(N2CCCC(OC)C2)C1. The van der Waals surface area contributed by atoms with E-state index in [1.54, 1.807) is 7.11 Å². The number of hydrogen-bond acceptors (Lipinski definition) is 4. The van der Waals surface area contributed by atoms with Crippen LogP contribution in [0.25, 0.3) is 0 Å². The summed E-state index contributed by atoms with van der Waals surface area (Å²) in [6, 6.07) is 0.372. The molecule has 122 valence electrons. The van der Waals surface area contributed by atoms with E-state index < -0.39 is 11.5 Å². The highest BCUT2D eigenvalue weighted by molar-refractivity contribution is 5.79. The first kappa shape index (κ1) is 16.7. The number of carboxylic acids is 1. The molecule has 5 heteroatoms. The summed E-state index contributed by atoms with van der Waals surface area (Å²) >= 11 is 0. The molecule has 1 heterocycles. The first-order valence-electron chi connectivity index (χ1n) is 8.36. The molecule has 5 nitrogen and oxygen atoms in total. The molecule has 2 fully saturated rings. The molecule has 0 radical (unpaired) electrons. The first-order chi connectivity index (χ1) is 10.1. The third kappa shape index (κ3) is 3.96. The average Bonchev–Trinajstić information content (AvgIpc) is 2.53. The monoisotopic (exact) mass is 298 g/mol. The van der Waals surface area contributed by atoms with Gasteiger partial charge in [-0.3, -0.25) is 9.69 Å². The Morgan fingerprint density at radius 1 is 1.43 bits per heavy atom. The number of piperidine rings is 1. The smallest absolute Gasteiger partial charge is 0.323 e. The maximum Gasteiger partial charge on any atom is 0.323 e. The van der Waals surface area contributed by atoms with Gasteiger partial charge in [-0.1, -0.05) is 6.92 Å². The lowest BCUT2D eigenvalue weighted by molar-refractivity contribution is -0.147. The molecule has 1 aliphatic carbocycles. The second-order valence-corrected chi connectivity index (χ2v) is 6.56. The molecule has 3 atom stereocenters. The van der Waals surface area contributed by atoms with E-state index in [9.17, 15) is 9.90 Å². The summed E-state index contributed by atoms with van der Waals surface area (Å²) < 4.78 is 5.50. The van der Waals surface area contributed by atoms with E-state index in [0.29, 0.717) is 12.1 Å². The van der Waals surface area contributed by atoms with E-state index in [2.05, 4.69) is 17.1 Å². The molecule has 1 aliphatic heterocycles. The zero-order chi connectivity index (χ0) is 15.3. The fourth-order valence-electron chi connectivity index (χ4n) is 3.84. The van der Waals surface area contributed by atoms with E-state index in [-0.39, 0.29) is 0 Å². The van der Waals surface area contributed by atoms with Gasteiger partial charge in [-0.15, -0.1) is 0 Å². The number of ether oxygens (including phenoxy) is 1. The fourth-order valence-corrected chi connectivity index (χ4v) is 3.84. The number of nitrogens with zero attached hydrogens (tertiary/aromatic N) is 1. The van der Waals surface area contributed by atoms with Crippen LogP contribution in [0.3, 0.4) is 0 Å². The Labute approximate surface area is 128 Å². The van der Waals surface area contributed by atoms with Crippen LogP contribution >= 0.6 is 0 Å². The number of methoxy groups -OCH3 is 1. The minimum absolute atomic E-state index is 0.309. The van der Waals surface area contributed by atoms with E-state index in [1.807, 2.05) is 0 Å². The van der Waals surface area contributed by atoms with E-state index in [1.165, 1.54) is 0 Å². The van der Waals surface area contributed by atoms with Crippen LogP contribution in [0.1, 0.15) is 51.9 Å². The largest absolute Gasteiger partial charge is 0.480 e. The number of hydrogen-bond donors (Lipinski definition) is 2. The van der Waals surface area contributed by atoms with Gasteiger partial charge in [-0.05, 0) is 58.0 Å². The molecule has 3 unspecified atom stereocenters. The molecule has 1 saturated heterocycles. The second-order valence-electron chi connectivity index (χ2n) is 6.56. The van der Waals surface area contributed by atoms with Gasteiger partial charge in [0, 0.05) is 19.7 Å². The zero-order valence-electron chi connectivity index (χ0n) is 13.4. The van der Waals surface area contributed by atoms with Crippen molar-refractivity contribution in [1.82, 2.24) is 10.2 Å². The summed E-state index contributed by atoms with van der Waals surface area (Å²) in [5.41, 5.74) is -0.723. The predicted molar refractivity (Wildman–Crippen MR) is 82.5 cm³/mol. The van der Waals surface area contributed by atoms with Crippen molar-refractivity contribution in [1.29, 1.82) is 0 Å². The molecule has 0 spiro atoms. The Balaban J connectivity index is 2.02. The minimum atomic E-state index is -0.723. The van der Waals surface area contributed by atoms with Gasteiger partial charge in [0.05, 0.1) is 6.10 Å². The molecular formula is C16H30N2O3. The third-order valence-electron chi connectivity index (χ3n) is 5.11. The van der Waals surface area contributed by atoms with Crippen LogP contribution in [0, 0.1) is 0 Å². The summed E-state index contributed by atoms with van der Waals surface area (Å²) in [6.45, 7) is 4.88. The normalized spacial score (nSPS) is 34.8. The number of aliphatic carboxylic acids is 1. The topological polar surface area (TPSA) is 61.8 Å². The number of nitrogens with one attached hydrogen (secondary N) is 1. The van der Waals surface area contributed by atoms with Gasteiger partial charge in [0.25, 0.3) is 0 Å². The van der Waals surface area contributed by atoms with Gasteiger partial charge in [0.2, 0.25) is 0 Å². The molecule has 0 aromatic heterocycles. The van der Waals surface area contributed by atoms with Crippen LogP contribution in [0.5, 0.6) is 0 Å². The van der Waals surface area contributed by atoms with Gasteiger partial charge in [0.15, 0.2) is 0 Å². The molecule has 0 aromatic carbocycles. The molecule has 21 heavy (non-hydrogen) atoms. The number of carbonyl (C=O) groups is 1. The maximum absolute atomic E-state index is 11.8. The Kier molecular flexibility index (Phi) is 6.02. The number of rotatable bonds is 6. The summed E-state index contributed by atoms with van der Waals surface area (Å²) in [5, 5.41) is 13.0. The maximum atomic E-state index is 11.8. The van der Waals surface area contributed by atoms with Gasteiger partial charge >= 0.3 is 5.97 Å². The van der Waals surface area contributed by atoms with Crippen LogP contribution in [-0.4, -0.2) is 60.4 Å². The van der Waals surface area contributed by atoms with Crippen LogP contribution in [-0.2, 0) is 9.53 Å². The highest BCUT2D eigenvalue weighted by atomic mass is 16.5. The van der Waals surface area contributed by atoms with Gasteiger partial charge in [-0.25, -0.2) is 0 Å². The lowest BCUT2D eigenvalue weighted by Gasteiger charge is -2.45. The Morgan fingerprint density at radius 3 is 2.90 bits per heavy atom. The minimum Gasteiger partial charge on any atom is -0.480 e. The third-order valence-corrected chi connectivity index (χ3v) is 5.11. The first-order valence-corrected chi connectivity index (χ1v) is 8.36. The van der Waals surface area contributed by atoms with Crippen molar-refractivity contribution in [3.05, 3.63) is 0 Å². The predicted octanol–water partition coefficient (Wildman–Crippen LogP) is 1.86. The zero-order valence-corrected chi connectivity index (χ0v) is 13.4. The van der Waals surface area contributed by atoms with E-state index in [0.717, 1.165) is 64.6 Å². The summed E-state index contributed by atoms with van der Waals surface area (Å²) in [4.78, 5) is 14.3. The molecule has 0 aromatic rings. The highest BCUT2D eigenvalue weighted by Gasteiger charge is 2.44. The molecular weight excluding hydrogens is 268 g/mol. The average molecular weight is 298 g/mol. The molecule has 2 N–H and O–H groups in total. The second kappa shape index (κ2) is 7.56. The standard InChI is InChI=1S/C16H30N2O3/c1-3-9-17-16(15(19)20)8-4-6-13(11-16)18-10-5-7-14(12-18)21-2/h13-14,17H,3-12H2,1-2H3,(H,19,20). The number of carboxylic acid groups (broad SMARTS) is 1. The summed E-state index contributed by atoms with van der Waals surface area (Å²) in [7, 11) is 1.78. The van der Waals surface area contributed by atoms with Crippen LogP contribution in [0.15, 0.2) is 0 Å². The van der Waals surface area contributed by atoms with Crippen molar-refractivity contribution in [2.24, 2.45) is 0 Å². The van der Waals surface area contributed by atoms with Gasteiger partial charge in [-0.2, -0.15) is 0 Å². The van der Waals surface area contributed by atoms with Gasteiger partial charge < -0.3 is 15.2 Å². The fraction of sp³-hybridized carbons (Fsp3) is 0.938. The van der Waals surface area contributed by atoms with Gasteiger partial charge in [0.1, 0.15) is 5.54 Å². The Hall–Kier alpha value is -0.650. The summed E-state index contributed by atoms with van der Waals surface area (Å²) in [5.74, 6) is -0.680. The molecule has 2 aliphatic rings. The lowest BCUT2D eigenvalue weighted by atomic mass is 9.77. The lowest BCUT2D eigenvalue weighted by Crippen LogP contribution is -2.59. The van der Waals surface area contributed by atoms with Crippen LogP contribution in [0.2, 0.25) is 0 Å². The molecule has 2 rings (SSSR count). The van der Waals surface area contributed by atoms with Crippen LogP contribution in [0.4, 0.5) is 0 Å². The van der Waals surface area contributed by atoms with Crippen LogP contribution < -0.4 is 5.32 Å². The van der Waals surface area contributed by atoms with E-state index >= 15 is 0 Å².